The first-order valence-electron chi connectivity index (χ1n) is 7.38. The van der Waals surface area contributed by atoms with Crippen molar-refractivity contribution in [1.82, 2.24) is 10.1 Å². The van der Waals surface area contributed by atoms with Crippen molar-refractivity contribution in [3.63, 3.8) is 0 Å². The SMILES string of the molecule is Cc1ccc(Cc2cnc(NC(=O)c3c(C)noc3C)s2)cc1Cl. The normalized spacial score (nSPS) is 10.8. The maximum Gasteiger partial charge on any atom is 0.262 e. The fourth-order valence-corrected chi connectivity index (χ4v) is 3.41. The molecular weight excluding hydrogens is 346 g/mol. The first-order valence-corrected chi connectivity index (χ1v) is 8.57. The van der Waals surface area contributed by atoms with Crippen LogP contribution in [0.2, 0.25) is 5.02 Å². The quantitative estimate of drug-likeness (QED) is 0.740. The van der Waals surface area contributed by atoms with E-state index < -0.39 is 0 Å². The lowest BCUT2D eigenvalue weighted by Crippen LogP contribution is -2.13. The van der Waals surface area contributed by atoms with E-state index in [0.29, 0.717) is 22.1 Å². The first kappa shape index (κ1) is 16.7. The van der Waals surface area contributed by atoms with Gasteiger partial charge in [-0.05, 0) is 38.0 Å². The Hall–Kier alpha value is -2.18. The second kappa shape index (κ2) is 6.75. The van der Waals surface area contributed by atoms with Crippen molar-refractivity contribution in [1.29, 1.82) is 0 Å². The maximum atomic E-state index is 12.3. The zero-order valence-corrected chi connectivity index (χ0v) is 15.1. The highest BCUT2D eigenvalue weighted by Gasteiger charge is 2.18. The highest BCUT2D eigenvalue weighted by atomic mass is 35.5. The molecule has 3 rings (SSSR count). The molecule has 0 aliphatic heterocycles. The van der Waals surface area contributed by atoms with Crippen LogP contribution in [-0.4, -0.2) is 16.0 Å². The topological polar surface area (TPSA) is 68.0 Å². The third-order valence-corrected chi connectivity index (χ3v) is 4.97. The van der Waals surface area contributed by atoms with E-state index in [1.54, 1.807) is 20.0 Å². The summed E-state index contributed by atoms with van der Waals surface area (Å²) in [6.07, 6.45) is 2.49. The molecule has 0 unspecified atom stereocenters. The second-order valence-corrected chi connectivity index (χ2v) is 7.07. The Kier molecular flexibility index (Phi) is 4.69. The van der Waals surface area contributed by atoms with E-state index in [2.05, 4.69) is 15.5 Å². The van der Waals surface area contributed by atoms with Gasteiger partial charge in [0.05, 0.1) is 5.69 Å². The standard InChI is InChI=1S/C17H16ClN3O2S/c1-9-4-5-12(7-14(9)18)6-13-8-19-17(24-13)20-16(22)15-10(2)21-23-11(15)3/h4-5,7-8H,6H2,1-3H3,(H,19,20,22). The van der Waals surface area contributed by atoms with Crippen LogP contribution in [-0.2, 0) is 6.42 Å². The first-order chi connectivity index (χ1) is 11.4. The van der Waals surface area contributed by atoms with Gasteiger partial charge in [0.2, 0.25) is 0 Å². The van der Waals surface area contributed by atoms with Crippen LogP contribution >= 0.6 is 22.9 Å². The molecule has 1 aromatic carbocycles. The van der Waals surface area contributed by atoms with E-state index in [1.165, 1.54) is 11.3 Å². The number of amides is 1. The number of thiazole rings is 1. The molecule has 1 N–H and O–H groups in total. The Balaban J connectivity index is 1.71. The molecule has 0 saturated carbocycles. The van der Waals surface area contributed by atoms with Crippen LogP contribution in [0.1, 0.15) is 37.8 Å². The largest absolute Gasteiger partial charge is 0.361 e. The lowest BCUT2D eigenvalue weighted by Gasteiger charge is -2.02. The molecule has 0 saturated heterocycles. The van der Waals surface area contributed by atoms with E-state index in [-0.39, 0.29) is 5.91 Å². The molecule has 0 aliphatic rings. The zero-order valence-electron chi connectivity index (χ0n) is 13.5. The average Bonchev–Trinajstić information content (AvgIpc) is 3.09. The van der Waals surface area contributed by atoms with Gasteiger partial charge in [-0.2, -0.15) is 0 Å². The van der Waals surface area contributed by atoms with Crippen molar-refractivity contribution in [3.05, 3.63) is 62.4 Å². The molecule has 7 heteroatoms. The number of rotatable bonds is 4. The Morgan fingerprint density at radius 1 is 1.33 bits per heavy atom. The molecule has 2 aromatic heterocycles. The summed E-state index contributed by atoms with van der Waals surface area (Å²) >= 11 is 7.59. The third kappa shape index (κ3) is 3.49. The molecular formula is C17H16ClN3O2S. The van der Waals surface area contributed by atoms with Gasteiger partial charge in [-0.25, -0.2) is 4.98 Å². The van der Waals surface area contributed by atoms with Gasteiger partial charge < -0.3 is 4.52 Å². The van der Waals surface area contributed by atoms with Crippen molar-refractivity contribution in [2.75, 3.05) is 5.32 Å². The minimum atomic E-state index is -0.259. The van der Waals surface area contributed by atoms with Crippen LogP contribution < -0.4 is 5.32 Å². The third-order valence-electron chi connectivity index (χ3n) is 3.65. The fourth-order valence-electron chi connectivity index (χ4n) is 2.36. The van der Waals surface area contributed by atoms with Crippen LogP contribution in [0.15, 0.2) is 28.9 Å². The van der Waals surface area contributed by atoms with Gasteiger partial charge in [0.1, 0.15) is 11.3 Å². The molecule has 24 heavy (non-hydrogen) atoms. The van der Waals surface area contributed by atoms with E-state index >= 15 is 0 Å². The van der Waals surface area contributed by atoms with Crippen LogP contribution in [0.5, 0.6) is 0 Å². The maximum absolute atomic E-state index is 12.3. The van der Waals surface area contributed by atoms with E-state index in [4.69, 9.17) is 16.1 Å². The number of nitrogens with one attached hydrogen (secondary N) is 1. The van der Waals surface area contributed by atoms with Crippen LogP contribution in [0, 0.1) is 20.8 Å². The van der Waals surface area contributed by atoms with Gasteiger partial charge in [0.25, 0.3) is 5.91 Å². The Morgan fingerprint density at radius 2 is 2.12 bits per heavy atom. The van der Waals surface area contributed by atoms with Crippen molar-refractivity contribution >= 4 is 34.0 Å². The van der Waals surface area contributed by atoms with E-state index in [1.807, 2.05) is 25.1 Å². The number of nitrogens with zero attached hydrogens (tertiary/aromatic N) is 2. The number of anilines is 1. The Bertz CT molecular complexity index is 882. The number of aryl methyl sites for hydroxylation is 3. The van der Waals surface area contributed by atoms with Gasteiger partial charge in [-0.1, -0.05) is 28.9 Å². The molecule has 0 radical (unpaired) electrons. The number of benzene rings is 1. The predicted octanol–water partition coefficient (Wildman–Crippen LogP) is 4.55. The minimum absolute atomic E-state index is 0.259. The van der Waals surface area contributed by atoms with Gasteiger partial charge >= 0.3 is 0 Å². The second-order valence-electron chi connectivity index (χ2n) is 5.55. The number of aromatic nitrogens is 2. The monoisotopic (exact) mass is 361 g/mol. The number of halogens is 1. The molecule has 5 nitrogen and oxygen atoms in total. The Labute approximate surface area is 148 Å². The lowest BCUT2D eigenvalue weighted by molar-refractivity contribution is 0.102. The number of carbonyl (C=O) groups excluding carboxylic acids is 1. The predicted molar refractivity (Wildman–Crippen MR) is 95.0 cm³/mol. The molecule has 0 fully saturated rings. The molecule has 0 bridgehead atoms. The van der Waals surface area contributed by atoms with Gasteiger partial charge in [0, 0.05) is 22.5 Å². The molecule has 0 atom stereocenters. The van der Waals surface area contributed by atoms with Gasteiger partial charge in [-0.3, -0.25) is 10.1 Å². The number of carbonyl (C=O) groups is 1. The van der Waals surface area contributed by atoms with Gasteiger partial charge in [-0.15, -0.1) is 11.3 Å². The highest BCUT2D eigenvalue weighted by molar-refractivity contribution is 7.15. The van der Waals surface area contributed by atoms with Crippen LogP contribution in [0.4, 0.5) is 5.13 Å². The summed E-state index contributed by atoms with van der Waals surface area (Å²) < 4.78 is 5.02. The minimum Gasteiger partial charge on any atom is -0.361 e. The van der Waals surface area contributed by atoms with E-state index in [9.17, 15) is 4.79 Å². The zero-order chi connectivity index (χ0) is 17.3. The summed E-state index contributed by atoms with van der Waals surface area (Å²) in [6.45, 7) is 5.42. The molecule has 2 heterocycles. The van der Waals surface area contributed by atoms with Crippen LogP contribution in [0.3, 0.4) is 0 Å². The molecule has 1 amide bonds. The van der Waals surface area contributed by atoms with Crippen molar-refractivity contribution < 1.29 is 9.32 Å². The number of hydrogen-bond acceptors (Lipinski definition) is 5. The summed E-state index contributed by atoms with van der Waals surface area (Å²) in [4.78, 5) is 17.6. The molecule has 3 aromatic rings. The summed E-state index contributed by atoms with van der Waals surface area (Å²) in [5, 5.41) is 7.89. The Morgan fingerprint density at radius 3 is 2.79 bits per heavy atom. The summed E-state index contributed by atoms with van der Waals surface area (Å²) in [5.41, 5.74) is 3.18. The fraction of sp³-hybridized carbons (Fsp3) is 0.235. The summed E-state index contributed by atoms with van der Waals surface area (Å²) in [7, 11) is 0. The molecule has 124 valence electrons. The summed E-state index contributed by atoms with van der Waals surface area (Å²) in [5.74, 6) is 0.238. The van der Waals surface area contributed by atoms with Crippen LogP contribution in [0.25, 0.3) is 0 Å². The van der Waals surface area contributed by atoms with Crippen molar-refractivity contribution in [2.45, 2.75) is 27.2 Å². The van der Waals surface area contributed by atoms with Crippen molar-refractivity contribution in [2.24, 2.45) is 0 Å². The lowest BCUT2D eigenvalue weighted by atomic mass is 10.1. The van der Waals surface area contributed by atoms with E-state index in [0.717, 1.165) is 27.4 Å². The molecule has 0 aliphatic carbocycles. The number of hydrogen-bond donors (Lipinski definition) is 1. The summed E-state index contributed by atoms with van der Waals surface area (Å²) in [6, 6.07) is 6.00. The van der Waals surface area contributed by atoms with Crippen molar-refractivity contribution in [3.8, 4) is 0 Å². The van der Waals surface area contributed by atoms with Gasteiger partial charge in [0.15, 0.2) is 5.13 Å². The highest BCUT2D eigenvalue weighted by Crippen LogP contribution is 2.24. The smallest absolute Gasteiger partial charge is 0.262 e. The average molecular weight is 362 g/mol. The molecule has 0 spiro atoms.